The molecule has 1 fully saturated rings. The predicted molar refractivity (Wildman–Crippen MR) is 176 cm³/mol. The molecule has 11 nitrogen and oxygen atoms in total. The van der Waals surface area contributed by atoms with Crippen LogP contribution in [0.3, 0.4) is 0 Å². The Bertz CT molecular complexity index is 1830. The van der Waals surface area contributed by atoms with Gasteiger partial charge in [0.05, 0.1) is 37.1 Å². The molecule has 3 aromatic rings. The van der Waals surface area contributed by atoms with E-state index >= 15 is 0 Å². The summed E-state index contributed by atoms with van der Waals surface area (Å²) in [6.07, 6.45) is 3.78. The quantitative estimate of drug-likeness (QED) is 0.314. The number of carbonyl (C=O) groups is 2. The maximum atomic E-state index is 14.2. The Balaban J connectivity index is 1.58. The van der Waals surface area contributed by atoms with Gasteiger partial charge in [0.2, 0.25) is 0 Å². The van der Waals surface area contributed by atoms with E-state index in [4.69, 9.17) is 23.9 Å². The number of methoxy groups -OCH3 is 3. The van der Waals surface area contributed by atoms with Crippen molar-refractivity contribution in [3.63, 3.8) is 0 Å². The molecule has 12 heteroatoms. The van der Waals surface area contributed by atoms with Crippen LogP contribution in [0.25, 0.3) is 6.08 Å². The fraction of sp³-hybridized carbons (Fsp3) is 0.412. The van der Waals surface area contributed by atoms with Crippen LogP contribution in [0.2, 0.25) is 0 Å². The molecule has 46 heavy (non-hydrogen) atoms. The third-order valence-corrected chi connectivity index (χ3v) is 9.31. The second-order valence-electron chi connectivity index (χ2n) is 11.0. The van der Waals surface area contributed by atoms with Crippen LogP contribution in [0, 0.1) is 0 Å². The molecule has 2 amide bonds. The van der Waals surface area contributed by atoms with Gasteiger partial charge in [-0.2, -0.15) is 0 Å². The first-order valence-corrected chi connectivity index (χ1v) is 16.2. The average Bonchev–Trinajstić information content (AvgIpc) is 3.72. The first-order chi connectivity index (χ1) is 22.2. The summed E-state index contributed by atoms with van der Waals surface area (Å²) in [5, 5.41) is 0. The summed E-state index contributed by atoms with van der Waals surface area (Å²) in [6.45, 7) is 8.09. The number of hydrogen-bond donors (Lipinski definition) is 0. The highest BCUT2D eigenvalue weighted by atomic mass is 32.1. The smallest absolute Gasteiger partial charge is 0.271 e. The van der Waals surface area contributed by atoms with Gasteiger partial charge in [-0.05, 0) is 75.6 Å². The Morgan fingerprint density at radius 2 is 1.67 bits per heavy atom. The predicted octanol–water partition coefficient (Wildman–Crippen LogP) is 3.13. The molecule has 0 N–H and O–H groups in total. The van der Waals surface area contributed by atoms with Crippen LogP contribution in [0.5, 0.6) is 23.0 Å². The van der Waals surface area contributed by atoms with Gasteiger partial charge in [0.25, 0.3) is 17.4 Å². The maximum Gasteiger partial charge on any atom is 0.271 e. The molecule has 0 unspecified atom stereocenters. The Morgan fingerprint density at radius 3 is 2.33 bits per heavy atom. The molecule has 3 heterocycles. The van der Waals surface area contributed by atoms with Gasteiger partial charge in [-0.25, -0.2) is 4.99 Å². The number of likely N-dealkylation sites (N-methyl/N-ethyl adjacent to an activating group) is 1. The van der Waals surface area contributed by atoms with E-state index in [2.05, 4.69) is 0 Å². The van der Waals surface area contributed by atoms with Crippen LogP contribution >= 0.6 is 11.3 Å². The Hall–Kier alpha value is -4.58. The van der Waals surface area contributed by atoms with Crippen molar-refractivity contribution in [3.8, 4) is 23.0 Å². The number of likely N-dealkylation sites (tertiary alicyclic amines) is 1. The molecule has 0 bridgehead atoms. The SMILES string of the molecule is CCN(CC)C(=O)C1=C(C)N=c2s/c(=C\c3ccc(OCC(=O)N4CCCC4)c(OC)c3)c(=O)n2[C@@H]1c1cc(OC)ccc1OC. The second kappa shape index (κ2) is 14.2. The van der Waals surface area contributed by atoms with Gasteiger partial charge >= 0.3 is 0 Å². The third kappa shape index (κ3) is 6.39. The minimum absolute atomic E-state index is 0.0545. The largest absolute Gasteiger partial charge is 0.497 e. The van der Waals surface area contributed by atoms with Crippen molar-refractivity contribution in [3.05, 3.63) is 78.5 Å². The molecule has 0 radical (unpaired) electrons. The van der Waals surface area contributed by atoms with E-state index in [-0.39, 0.29) is 24.0 Å². The summed E-state index contributed by atoms with van der Waals surface area (Å²) in [6, 6.07) is 9.85. The Kier molecular flexibility index (Phi) is 10.2. The van der Waals surface area contributed by atoms with E-state index in [1.807, 2.05) is 13.8 Å². The van der Waals surface area contributed by atoms with Crippen LogP contribution in [0.15, 0.2) is 57.5 Å². The van der Waals surface area contributed by atoms with E-state index in [9.17, 15) is 14.4 Å². The number of rotatable bonds is 11. The molecular formula is C34H40N4O7S. The molecule has 2 aromatic carbocycles. The van der Waals surface area contributed by atoms with Crippen LogP contribution in [-0.2, 0) is 9.59 Å². The van der Waals surface area contributed by atoms with Crippen molar-refractivity contribution in [2.45, 2.75) is 39.7 Å². The highest BCUT2D eigenvalue weighted by Gasteiger charge is 2.36. The van der Waals surface area contributed by atoms with E-state index in [1.165, 1.54) is 18.4 Å². The number of nitrogens with zero attached hydrogens (tertiary/aromatic N) is 4. The maximum absolute atomic E-state index is 14.2. The first kappa shape index (κ1) is 32.8. The number of hydrogen-bond acceptors (Lipinski definition) is 9. The van der Waals surface area contributed by atoms with E-state index in [1.54, 1.807) is 78.0 Å². The number of allylic oxidation sites excluding steroid dienone is 1. The molecule has 1 aromatic heterocycles. The number of benzene rings is 2. The highest BCUT2D eigenvalue weighted by Crippen LogP contribution is 2.38. The second-order valence-corrected chi connectivity index (χ2v) is 12.0. The number of aromatic nitrogens is 1. The average molecular weight is 649 g/mol. The molecule has 0 aliphatic carbocycles. The summed E-state index contributed by atoms with van der Waals surface area (Å²) in [4.78, 5) is 49.4. The zero-order chi connectivity index (χ0) is 33.0. The van der Waals surface area contributed by atoms with E-state index in [0.717, 1.165) is 25.9 Å². The van der Waals surface area contributed by atoms with Gasteiger partial charge in [-0.3, -0.25) is 19.0 Å². The zero-order valence-corrected chi connectivity index (χ0v) is 27.9. The lowest BCUT2D eigenvalue weighted by Crippen LogP contribution is -2.43. The fourth-order valence-corrected chi connectivity index (χ4v) is 6.91. The molecule has 0 saturated carbocycles. The number of amides is 2. The van der Waals surface area contributed by atoms with Crippen LogP contribution in [0.4, 0.5) is 0 Å². The molecule has 2 aliphatic heterocycles. The first-order valence-electron chi connectivity index (χ1n) is 15.4. The lowest BCUT2D eigenvalue weighted by atomic mass is 9.93. The number of fused-ring (bicyclic) bond motifs is 1. The fourth-order valence-electron chi connectivity index (χ4n) is 5.87. The zero-order valence-electron chi connectivity index (χ0n) is 27.1. The van der Waals surface area contributed by atoms with E-state index in [0.29, 0.717) is 67.8 Å². The van der Waals surface area contributed by atoms with Gasteiger partial charge in [0.1, 0.15) is 17.5 Å². The molecule has 1 saturated heterocycles. The van der Waals surface area contributed by atoms with Crippen LogP contribution in [-0.4, -0.2) is 80.3 Å². The van der Waals surface area contributed by atoms with Crippen LogP contribution < -0.4 is 33.8 Å². The van der Waals surface area contributed by atoms with E-state index < -0.39 is 6.04 Å². The third-order valence-electron chi connectivity index (χ3n) is 8.33. The summed E-state index contributed by atoms with van der Waals surface area (Å²) in [5.74, 6) is 1.72. The molecule has 2 aliphatic rings. The highest BCUT2D eigenvalue weighted by molar-refractivity contribution is 7.07. The van der Waals surface area contributed by atoms with Gasteiger partial charge in [-0.1, -0.05) is 17.4 Å². The monoisotopic (exact) mass is 648 g/mol. The molecule has 1 atom stereocenters. The summed E-state index contributed by atoms with van der Waals surface area (Å²) in [7, 11) is 4.65. The topological polar surface area (TPSA) is 112 Å². The summed E-state index contributed by atoms with van der Waals surface area (Å²) in [5.41, 5.74) is 1.95. The normalized spacial score (nSPS) is 16.2. The number of ether oxygens (including phenoxy) is 4. The van der Waals surface area contributed by atoms with Crippen molar-refractivity contribution in [2.24, 2.45) is 4.99 Å². The van der Waals surface area contributed by atoms with Crippen molar-refractivity contribution >= 4 is 29.2 Å². The van der Waals surface area contributed by atoms with Gasteiger partial charge in [0, 0.05) is 31.7 Å². The van der Waals surface area contributed by atoms with Crippen molar-refractivity contribution < 1.29 is 28.5 Å². The lowest BCUT2D eigenvalue weighted by molar-refractivity contribution is -0.132. The lowest BCUT2D eigenvalue weighted by Gasteiger charge is -2.30. The molecule has 0 spiro atoms. The Morgan fingerprint density at radius 1 is 0.978 bits per heavy atom. The summed E-state index contributed by atoms with van der Waals surface area (Å²) < 4.78 is 24.6. The van der Waals surface area contributed by atoms with Gasteiger partial charge in [0.15, 0.2) is 22.9 Å². The summed E-state index contributed by atoms with van der Waals surface area (Å²) >= 11 is 1.24. The minimum atomic E-state index is -0.796. The number of carbonyl (C=O) groups excluding carboxylic acids is 2. The Labute approximate surface area is 272 Å². The van der Waals surface area contributed by atoms with Gasteiger partial charge < -0.3 is 28.7 Å². The molecule has 244 valence electrons. The molecule has 5 rings (SSSR count). The van der Waals surface area contributed by atoms with Crippen LogP contribution in [0.1, 0.15) is 50.8 Å². The number of thiazole rings is 1. The van der Waals surface area contributed by atoms with Gasteiger partial charge in [-0.15, -0.1) is 0 Å². The van der Waals surface area contributed by atoms with Crippen molar-refractivity contribution in [2.75, 3.05) is 54.1 Å². The standard InChI is InChI=1S/C34H40N4O7S/c1-7-36(8-2)33(41)30-21(3)35-34-38(31(30)24-19-23(42-4)12-14-25(24)43-5)32(40)28(46-34)18-22-11-13-26(27(17-22)44-6)45-20-29(39)37-15-9-10-16-37/h11-14,17-19,31H,7-10,15-16,20H2,1-6H3/b28-18-/t31-/m1/s1. The van der Waals surface area contributed by atoms with Crippen molar-refractivity contribution in [1.82, 2.24) is 14.4 Å². The molecular weight excluding hydrogens is 608 g/mol. The van der Waals surface area contributed by atoms with Crippen molar-refractivity contribution in [1.29, 1.82) is 0 Å². The minimum Gasteiger partial charge on any atom is -0.497 e.